The molecular weight excluding hydrogens is 320 g/mol. The van der Waals surface area contributed by atoms with Crippen LogP contribution in [0.25, 0.3) is 5.57 Å². The molecule has 4 rings (SSSR count). The lowest BCUT2D eigenvalue weighted by Gasteiger charge is -2.40. The van der Waals surface area contributed by atoms with Gasteiger partial charge in [-0.15, -0.1) is 0 Å². The molecule has 0 N–H and O–H groups in total. The standard InChI is InChI=1S/C23H28N2O/c1-17(18-10-12-19(13-11-18)24(4)5)16-23-22(2,3)20-8-6-7-9-21(20)25(23)14-15-26-23/h6-13,16H,14-15H2,1-5H3. The molecule has 136 valence electrons. The minimum Gasteiger partial charge on any atom is -0.378 e. The first-order valence-electron chi connectivity index (χ1n) is 9.35. The summed E-state index contributed by atoms with van der Waals surface area (Å²) < 4.78 is 6.46. The first-order chi connectivity index (χ1) is 12.4. The highest BCUT2D eigenvalue weighted by Gasteiger charge is 2.59. The predicted molar refractivity (Wildman–Crippen MR) is 110 cm³/mol. The van der Waals surface area contributed by atoms with Gasteiger partial charge in [-0.3, -0.25) is 0 Å². The monoisotopic (exact) mass is 348 g/mol. The van der Waals surface area contributed by atoms with Gasteiger partial charge in [0.1, 0.15) is 0 Å². The lowest BCUT2D eigenvalue weighted by molar-refractivity contribution is 0.0000487. The third-order valence-electron chi connectivity index (χ3n) is 6.05. The average molecular weight is 348 g/mol. The molecule has 2 aliphatic rings. The fourth-order valence-electron chi connectivity index (χ4n) is 4.48. The summed E-state index contributed by atoms with van der Waals surface area (Å²) in [6.45, 7) is 8.50. The zero-order valence-electron chi connectivity index (χ0n) is 16.4. The highest BCUT2D eigenvalue weighted by molar-refractivity contribution is 5.73. The van der Waals surface area contributed by atoms with E-state index in [1.54, 1.807) is 0 Å². The second-order valence-electron chi connectivity index (χ2n) is 8.11. The Kier molecular flexibility index (Phi) is 3.89. The third kappa shape index (κ3) is 2.30. The van der Waals surface area contributed by atoms with Crippen molar-refractivity contribution >= 4 is 16.9 Å². The van der Waals surface area contributed by atoms with Crippen molar-refractivity contribution in [1.29, 1.82) is 0 Å². The van der Waals surface area contributed by atoms with E-state index in [0.717, 1.165) is 13.2 Å². The van der Waals surface area contributed by atoms with Crippen molar-refractivity contribution in [3.8, 4) is 0 Å². The van der Waals surface area contributed by atoms with E-state index in [0.29, 0.717) is 0 Å². The lowest BCUT2D eigenvalue weighted by Crippen LogP contribution is -2.51. The summed E-state index contributed by atoms with van der Waals surface area (Å²) in [6.07, 6.45) is 2.34. The Labute approximate surface area is 156 Å². The zero-order chi connectivity index (χ0) is 18.5. The van der Waals surface area contributed by atoms with Crippen LogP contribution in [0.2, 0.25) is 0 Å². The Morgan fingerprint density at radius 3 is 2.46 bits per heavy atom. The van der Waals surface area contributed by atoms with Crippen molar-refractivity contribution in [2.45, 2.75) is 31.9 Å². The van der Waals surface area contributed by atoms with Crippen LogP contribution in [0.15, 0.2) is 54.6 Å². The number of hydrogen-bond acceptors (Lipinski definition) is 3. The minimum atomic E-state index is -0.416. The topological polar surface area (TPSA) is 15.7 Å². The smallest absolute Gasteiger partial charge is 0.170 e. The summed E-state index contributed by atoms with van der Waals surface area (Å²) in [5, 5.41) is 0. The SMILES string of the molecule is CC(=CC12OCCN1c1ccccc1C2(C)C)c1ccc(N(C)C)cc1. The summed E-state index contributed by atoms with van der Waals surface area (Å²) in [5.74, 6) is 0. The quantitative estimate of drug-likeness (QED) is 0.801. The molecule has 26 heavy (non-hydrogen) atoms. The molecule has 3 heteroatoms. The summed E-state index contributed by atoms with van der Waals surface area (Å²) in [6, 6.07) is 17.5. The molecule has 1 atom stereocenters. The molecule has 1 unspecified atom stereocenters. The van der Waals surface area contributed by atoms with E-state index in [2.05, 4.69) is 99.3 Å². The molecule has 2 aromatic rings. The number of allylic oxidation sites excluding steroid dienone is 1. The molecule has 0 aliphatic carbocycles. The lowest BCUT2D eigenvalue weighted by atomic mass is 9.76. The summed E-state index contributed by atoms with van der Waals surface area (Å²) in [4.78, 5) is 4.57. The largest absolute Gasteiger partial charge is 0.378 e. The number of benzene rings is 2. The summed E-state index contributed by atoms with van der Waals surface area (Å²) >= 11 is 0. The van der Waals surface area contributed by atoms with Gasteiger partial charge in [0, 0.05) is 37.4 Å². The van der Waals surface area contributed by atoms with Gasteiger partial charge in [-0.25, -0.2) is 0 Å². The minimum absolute atomic E-state index is 0.106. The fourth-order valence-corrected chi connectivity index (χ4v) is 4.48. The van der Waals surface area contributed by atoms with Crippen LogP contribution in [0.3, 0.4) is 0 Å². The maximum atomic E-state index is 6.46. The first-order valence-corrected chi connectivity index (χ1v) is 9.35. The van der Waals surface area contributed by atoms with Crippen LogP contribution in [-0.2, 0) is 10.2 Å². The van der Waals surface area contributed by atoms with Crippen LogP contribution in [0, 0.1) is 0 Å². The van der Waals surface area contributed by atoms with Crippen molar-refractivity contribution in [3.63, 3.8) is 0 Å². The molecule has 0 radical (unpaired) electrons. The van der Waals surface area contributed by atoms with E-state index in [-0.39, 0.29) is 5.41 Å². The molecule has 1 saturated heterocycles. The number of fused-ring (bicyclic) bond motifs is 3. The number of ether oxygens (including phenoxy) is 1. The van der Waals surface area contributed by atoms with E-state index in [9.17, 15) is 0 Å². The van der Waals surface area contributed by atoms with Crippen molar-refractivity contribution in [3.05, 3.63) is 65.7 Å². The van der Waals surface area contributed by atoms with Gasteiger partial charge in [0.25, 0.3) is 0 Å². The maximum absolute atomic E-state index is 6.46. The molecule has 0 amide bonds. The Morgan fingerprint density at radius 1 is 1.08 bits per heavy atom. The Hall–Kier alpha value is -2.26. The molecule has 2 heterocycles. The third-order valence-corrected chi connectivity index (χ3v) is 6.05. The van der Waals surface area contributed by atoms with E-state index in [1.165, 1.54) is 28.1 Å². The highest BCUT2D eigenvalue weighted by Crippen LogP contribution is 2.55. The predicted octanol–water partition coefficient (Wildman–Crippen LogP) is 4.68. The molecule has 2 aliphatic heterocycles. The van der Waals surface area contributed by atoms with Gasteiger partial charge in [0.05, 0.1) is 6.61 Å². The van der Waals surface area contributed by atoms with Gasteiger partial charge in [0.15, 0.2) is 5.72 Å². The second kappa shape index (κ2) is 5.88. The van der Waals surface area contributed by atoms with E-state index in [1.807, 2.05) is 0 Å². The Morgan fingerprint density at radius 2 is 1.77 bits per heavy atom. The summed E-state index contributed by atoms with van der Waals surface area (Å²) in [5.41, 5.74) is 5.86. The van der Waals surface area contributed by atoms with Crippen molar-refractivity contribution in [1.82, 2.24) is 0 Å². The first kappa shape index (κ1) is 17.2. The van der Waals surface area contributed by atoms with E-state index >= 15 is 0 Å². The van der Waals surface area contributed by atoms with Crippen LogP contribution in [0.5, 0.6) is 0 Å². The fraction of sp³-hybridized carbons (Fsp3) is 0.391. The van der Waals surface area contributed by atoms with Crippen LogP contribution in [0.1, 0.15) is 31.9 Å². The number of nitrogens with zero attached hydrogens (tertiary/aromatic N) is 2. The molecule has 3 nitrogen and oxygen atoms in total. The Bertz CT molecular complexity index is 851. The number of anilines is 2. The van der Waals surface area contributed by atoms with Gasteiger partial charge in [-0.05, 0) is 47.9 Å². The molecule has 0 saturated carbocycles. The number of rotatable bonds is 3. The van der Waals surface area contributed by atoms with E-state index < -0.39 is 5.72 Å². The van der Waals surface area contributed by atoms with Crippen LogP contribution < -0.4 is 9.80 Å². The number of hydrogen-bond donors (Lipinski definition) is 0. The molecule has 0 aromatic heterocycles. The Balaban J connectivity index is 1.77. The molecule has 1 fully saturated rings. The molecule has 2 aromatic carbocycles. The van der Waals surface area contributed by atoms with Gasteiger partial charge >= 0.3 is 0 Å². The van der Waals surface area contributed by atoms with Crippen LogP contribution >= 0.6 is 0 Å². The molecule has 0 bridgehead atoms. The van der Waals surface area contributed by atoms with Crippen molar-refractivity contribution < 1.29 is 4.74 Å². The maximum Gasteiger partial charge on any atom is 0.170 e. The van der Waals surface area contributed by atoms with Crippen molar-refractivity contribution in [2.24, 2.45) is 0 Å². The van der Waals surface area contributed by atoms with Gasteiger partial charge in [0.2, 0.25) is 0 Å². The van der Waals surface area contributed by atoms with Crippen molar-refractivity contribution in [2.75, 3.05) is 37.0 Å². The van der Waals surface area contributed by atoms with Gasteiger partial charge in [-0.2, -0.15) is 0 Å². The highest BCUT2D eigenvalue weighted by atomic mass is 16.5. The van der Waals surface area contributed by atoms with Gasteiger partial charge in [-0.1, -0.05) is 44.2 Å². The average Bonchev–Trinajstić information content (AvgIpc) is 3.13. The normalized spacial score (nSPS) is 23.7. The molecular formula is C23H28N2O. The van der Waals surface area contributed by atoms with Gasteiger partial charge < -0.3 is 14.5 Å². The van der Waals surface area contributed by atoms with E-state index in [4.69, 9.17) is 4.74 Å². The molecule has 0 spiro atoms. The number of para-hydroxylation sites is 1. The summed E-state index contributed by atoms with van der Waals surface area (Å²) in [7, 11) is 4.14. The van der Waals surface area contributed by atoms with Crippen LogP contribution in [-0.4, -0.2) is 33.0 Å². The second-order valence-corrected chi connectivity index (χ2v) is 8.11. The zero-order valence-corrected chi connectivity index (χ0v) is 16.4. The van der Waals surface area contributed by atoms with Crippen LogP contribution in [0.4, 0.5) is 11.4 Å².